The molecule has 0 bridgehead atoms. The Hall–Kier alpha value is -2.43. The van der Waals surface area contributed by atoms with Gasteiger partial charge in [0, 0.05) is 0 Å². The summed E-state index contributed by atoms with van der Waals surface area (Å²) in [6.07, 6.45) is 0. The van der Waals surface area contributed by atoms with Crippen molar-refractivity contribution in [1.29, 1.82) is 0 Å². The number of benzene rings is 2. The van der Waals surface area contributed by atoms with E-state index in [1.54, 1.807) is 30.3 Å². The Kier molecular flexibility index (Phi) is 6.01. The number of halogens is 2. The van der Waals surface area contributed by atoms with Crippen LogP contribution in [0.3, 0.4) is 0 Å². The zero-order chi connectivity index (χ0) is 20.3. The number of anilines is 1. The summed E-state index contributed by atoms with van der Waals surface area (Å²) in [5.41, 5.74) is 1.67. The Morgan fingerprint density at radius 2 is 1.64 bits per heavy atom. The first-order chi connectivity index (χ1) is 13.2. The van der Waals surface area contributed by atoms with Gasteiger partial charge in [0.2, 0.25) is 0 Å². The first-order valence-corrected chi connectivity index (χ1v) is 9.57. The molecule has 1 N–H and O–H groups in total. The number of carbonyl (C=O) groups is 1. The van der Waals surface area contributed by atoms with E-state index in [9.17, 15) is 4.79 Å². The van der Waals surface area contributed by atoms with Gasteiger partial charge in [0.05, 0.1) is 15.7 Å². The van der Waals surface area contributed by atoms with Gasteiger partial charge >= 0.3 is 0 Å². The number of hydrogen-bond acceptors (Lipinski definition) is 3. The molecule has 0 radical (unpaired) electrons. The fourth-order valence-corrected chi connectivity index (χ4v) is 3.07. The van der Waals surface area contributed by atoms with E-state index >= 15 is 0 Å². The summed E-state index contributed by atoms with van der Waals surface area (Å²) in [6.45, 7) is 6.70. The maximum atomic E-state index is 12.4. The molecule has 4 nitrogen and oxygen atoms in total. The normalized spacial score (nSPS) is 11.3. The fourth-order valence-electron chi connectivity index (χ4n) is 2.58. The minimum atomic E-state index is -0.434. The van der Waals surface area contributed by atoms with E-state index < -0.39 is 5.91 Å². The van der Waals surface area contributed by atoms with E-state index in [-0.39, 0.29) is 17.8 Å². The van der Waals surface area contributed by atoms with Gasteiger partial charge in [0.15, 0.2) is 5.76 Å². The molecule has 6 heteroatoms. The van der Waals surface area contributed by atoms with Crippen LogP contribution in [0.15, 0.2) is 59.0 Å². The second-order valence-electron chi connectivity index (χ2n) is 7.38. The molecule has 0 aliphatic rings. The highest BCUT2D eigenvalue weighted by Crippen LogP contribution is 2.30. The van der Waals surface area contributed by atoms with Gasteiger partial charge in [0.25, 0.3) is 5.91 Å². The van der Waals surface area contributed by atoms with Gasteiger partial charge in [-0.2, -0.15) is 0 Å². The van der Waals surface area contributed by atoms with Gasteiger partial charge in [-0.05, 0) is 47.4 Å². The summed E-state index contributed by atoms with van der Waals surface area (Å²) in [6, 6.07) is 16.2. The highest BCUT2D eigenvalue weighted by Gasteiger charge is 2.16. The molecule has 0 saturated heterocycles. The SMILES string of the molecule is CC(C)(C)c1ccc(OCc2ccc(C(=O)Nc3c(Cl)cccc3Cl)o2)cc1. The smallest absolute Gasteiger partial charge is 0.291 e. The zero-order valence-electron chi connectivity index (χ0n) is 15.9. The molecule has 28 heavy (non-hydrogen) atoms. The van der Waals surface area contributed by atoms with Crippen LogP contribution in [-0.4, -0.2) is 5.91 Å². The number of amides is 1. The Morgan fingerprint density at radius 1 is 1.00 bits per heavy atom. The molecule has 3 rings (SSSR count). The lowest BCUT2D eigenvalue weighted by Crippen LogP contribution is -2.11. The highest BCUT2D eigenvalue weighted by atomic mass is 35.5. The Balaban J connectivity index is 1.62. The number of carbonyl (C=O) groups excluding carboxylic acids is 1. The lowest BCUT2D eigenvalue weighted by molar-refractivity contribution is 0.0992. The van der Waals surface area contributed by atoms with E-state index in [1.165, 1.54) is 5.56 Å². The Bertz CT molecular complexity index is 952. The number of para-hydroxylation sites is 1. The summed E-state index contributed by atoms with van der Waals surface area (Å²) >= 11 is 12.1. The first-order valence-electron chi connectivity index (χ1n) is 8.81. The van der Waals surface area contributed by atoms with Crippen molar-refractivity contribution >= 4 is 34.8 Å². The van der Waals surface area contributed by atoms with Crippen molar-refractivity contribution in [2.24, 2.45) is 0 Å². The molecular weight excluding hydrogens is 397 g/mol. The van der Waals surface area contributed by atoms with Crippen molar-refractivity contribution in [2.75, 3.05) is 5.32 Å². The molecule has 0 aliphatic heterocycles. The third-order valence-corrected chi connectivity index (χ3v) is 4.82. The minimum Gasteiger partial charge on any atom is -0.486 e. The topological polar surface area (TPSA) is 51.5 Å². The molecule has 146 valence electrons. The van der Waals surface area contributed by atoms with Crippen LogP contribution in [0.1, 0.15) is 42.6 Å². The van der Waals surface area contributed by atoms with Gasteiger partial charge in [-0.15, -0.1) is 0 Å². The van der Waals surface area contributed by atoms with Crippen molar-refractivity contribution < 1.29 is 13.9 Å². The second kappa shape index (κ2) is 8.29. The van der Waals surface area contributed by atoms with Gasteiger partial charge in [-0.25, -0.2) is 0 Å². The van der Waals surface area contributed by atoms with E-state index in [1.807, 2.05) is 24.3 Å². The van der Waals surface area contributed by atoms with Crippen LogP contribution in [0.4, 0.5) is 5.69 Å². The summed E-state index contributed by atoms with van der Waals surface area (Å²) in [5.74, 6) is 0.988. The molecule has 1 heterocycles. The molecular formula is C22H21Cl2NO3. The van der Waals surface area contributed by atoms with Gasteiger partial charge in [0.1, 0.15) is 18.1 Å². The van der Waals surface area contributed by atoms with Crippen LogP contribution < -0.4 is 10.1 Å². The predicted molar refractivity (Wildman–Crippen MR) is 113 cm³/mol. The minimum absolute atomic E-state index is 0.0896. The highest BCUT2D eigenvalue weighted by molar-refractivity contribution is 6.39. The number of hydrogen-bond donors (Lipinski definition) is 1. The number of ether oxygens (including phenoxy) is 1. The molecule has 0 aliphatic carbocycles. The molecule has 0 atom stereocenters. The van der Waals surface area contributed by atoms with Crippen LogP contribution in [0.2, 0.25) is 10.0 Å². The van der Waals surface area contributed by atoms with E-state index in [0.717, 1.165) is 5.75 Å². The van der Waals surface area contributed by atoms with Crippen molar-refractivity contribution in [3.8, 4) is 5.75 Å². The first kappa shape index (κ1) is 20.3. The Morgan fingerprint density at radius 3 is 2.25 bits per heavy atom. The molecule has 0 saturated carbocycles. The van der Waals surface area contributed by atoms with Crippen LogP contribution in [0.5, 0.6) is 5.75 Å². The summed E-state index contributed by atoms with van der Waals surface area (Å²) < 4.78 is 11.3. The zero-order valence-corrected chi connectivity index (χ0v) is 17.4. The maximum absolute atomic E-state index is 12.4. The molecule has 2 aromatic carbocycles. The Labute approximate surface area is 174 Å². The molecule has 0 unspecified atom stereocenters. The van der Waals surface area contributed by atoms with Crippen molar-refractivity contribution in [3.05, 3.63) is 81.7 Å². The molecule has 0 fully saturated rings. The van der Waals surface area contributed by atoms with Crippen molar-refractivity contribution in [3.63, 3.8) is 0 Å². The monoisotopic (exact) mass is 417 g/mol. The largest absolute Gasteiger partial charge is 0.486 e. The second-order valence-corrected chi connectivity index (χ2v) is 8.19. The van der Waals surface area contributed by atoms with Crippen LogP contribution >= 0.6 is 23.2 Å². The lowest BCUT2D eigenvalue weighted by Gasteiger charge is -2.19. The van der Waals surface area contributed by atoms with Crippen LogP contribution in [-0.2, 0) is 12.0 Å². The summed E-state index contributed by atoms with van der Waals surface area (Å²) in [5, 5.41) is 3.38. The van der Waals surface area contributed by atoms with Gasteiger partial charge < -0.3 is 14.5 Å². The van der Waals surface area contributed by atoms with E-state index in [2.05, 4.69) is 26.1 Å². The number of furan rings is 1. The van der Waals surface area contributed by atoms with Gasteiger partial charge in [-0.3, -0.25) is 4.79 Å². The predicted octanol–water partition coefficient (Wildman–Crippen LogP) is 6.72. The van der Waals surface area contributed by atoms with Crippen molar-refractivity contribution in [2.45, 2.75) is 32.8 Å². The maximum Gasteiger partial charge on any atom is 0.291 e. The average molecular weight is 418 g/mol. The summed E-state index contributed by atoms with van der Waals surface area (Å²) in [4.78, 5) is 12.4. The van der Waals surface area contributed by atoms with Crippen LogP contribution in [0, 0.1) is 0 Å². The van der Waals surface area contributed by atoms with Crippen molar-refractivity contribution in [1.82, 2.24) is 0 Å². The molecule has 0 spiro atoms. The molecule has 1 amide bonds. The third kappa shape index (κ3) is 4.89. The number of nitrogens with one attached hydrogen (secondary N) is 1. The average Bonchev–Trinajstić information content (AvgIpc) is 3.12. The fraction of sp³-hybridized carbons (Fsp3) is 0.227. The molecule has 1 aromatic heterocycles. The van der Waals surface area contributed by atoms with Gasteiger partial charge in [-0.1, -0.05) is 62.2 Å². The quantitative estimate of drug-likeness (QED) is 0.501. The number of rotatable bonds is 5. The lowest BCUT2D eigenvalue weighted by atomic mass is 9.87. The third-order valence-electron chi connectivity index (χ3n) is 4.19. The summed E-state index contributed by atoms with van der Waals surface area (Å²) in [7, 11) is 0. The molecule has 3 aromatic rings. The van der Waals surface area contributed by atoms with E-state index in [4.69, 9.17) is 32.4 Å². The van der Waals surface area contributed by atoms with Crippen LogP contribution in [0.25, 0.3) is 0 Å². The van der Waals surface area contributed by atoms with E-state index in [0.29, 0.717) is 21.5 Å². The standard InChI is InChI=1S/C22H21Cl2NO3/c1-22(2,3)14-7-9-15(10-8-14)27-13-16-11-12-19(28-16)21(26)25-20-17(23)5-4-6-18(20)24/h4-12H,13H2,1-3H3,(H,25,26).